The van der Waals surface area contributed by atoms with Crippen LogP contribution in [0.3, 0.4) is 0 Å². The summed E-state index contributed by atoms with van der Waals surface area (Å²) in [6, 6.07) is 9.59. The first-order valence-electron chi connectivity index (χ1n) is 7.13. The molecule has 0 saturated heterocycles. The standard InChI is InChI=1S/C17H16ClNO3/c1-10-6-14(16(18)19-8-10)11-2-4-13(5-3-11)22-9-12-7-15(12)17(20)21/h2-6,8,12,15H,7,9H2,1H3,(H,20,21). The molecular formula is C17H16ClNO3. The summed E-state index contributed by atoms with van der Waals surface area (Å²) in [5.41, 5.74) is 2.91. The molecule has 2 unspecified atom stereocenters. The van der Waals surface area contributed by atoms with Gasteiger partial charge in [0.25, 0.3) is 0 Å². The van der Waals surface area contributed by atoms with E-state index in [4.69, 9.17) is 21.4 Å². The molecule has 5 heteroatoms. The van der Waals surface area contributed by atoms with Crippen LogP contribution in [-0.2, 0) is 4.79 Å². The molecule has 0 amide bonds. The number of carbonyl (C=O) groups is 1. The molecule has 1 aliphatic rings. The zero-order chi connectivity index (χ0) is 15.7. The average Bonchev–Trinajstić information content (AvgIpc) is 3.28. The van der Waals surface area contributed by atoms with Crippen molar-refractivity contribution >= 4 is 17.6 Å². The SMILES string of the molecule is Cc1cnc(Cl)c(-c2ccc(OCC3CC3C(=O)O)cc2)c1. The maximum absolute atomic E-state index is 10.8. The topological polar surface area (TPSA) is 59.4 Å². The molecule has 0 spiro atoms. The van der Waals surface area contributed by atoms with Crippen molar-refractivity contribution in [3.8, 4) is 16.9 Å². The van der Waals surface area contributed by atoms with E-state index >= 15 is 0 Å². The highest BCUT2D eigenvalue weighted by Gasteiger charge is 2.43. The number of hydrogen-bond acceptors (Lipinski definition) is 3. The van der Waals surface area contributed by atoms with Crippen molar-refractivity contribution in [2.45, 2.75) is 13.3 Å². The zero-order valence-corrected chi connectivity index (χ0v) is 12.9. The van der Waals surface area contributed by atoms with Crippen molar-refractivity contribution < 1.29 is 14.6 Å². The molecule has 1 fully saturated rings. The van der Waals surface area contributed by atoms with Crippen LogP contribution < -0.4 is 4.74 Å². The Balaban J connectivity index is 1.65. The van der Waals surface area contributed by atoms with Crippen LogP contribution in [-0.4, -0.2) is 22.7 Å². The molecule has 3 rings (SSSR count). The highest BCUT2D eigenvalue weighted by molar-refractivity contribution is 6.32. The Kier molecular flexibility index (Phi) is 4.03. The van der Waals surface area contributed by atoms with Gasteiger partial charge in [-0.25, -0.2) is 4.98 Å². The summed E-state index contributed by atoms with van der Waals surface area (Å²) in [6.45, 7) is 2.42. The van der Waals surface area contributed by atoms with Gasteiger partial charge < -0.3 is 9.84 Å². The number of pyridine rings is 1. The first kappa shape index (κ1) is 14.9. The summed E-state index contributed by atoms with van der Waals surface area (Å²) < 4.78 is 5.64. The number of carboxylic acids is 1. The normalized spacial score (nSPS) is 19.7. The third-order valence-electron chi connectivity index (χ3n) is 3.84. The Bertz CT molecular complexity index is 700. The summed E-state index contributed by atoms with van der Waals surface area (Å²) in [5, 5.41) is 9.33. The highest BCUT2D eigenvalue weighted by atomic mass is 35.5. The molecule has 114 valence electrons. The van der Waals surface area contributed by atoms with Crippen LogP contribution >= 0.6 is 11.6 Å². The smallest absolute Gasteiger partial charge is 0.306 e. The lowest BCUT2D eigenvalue weighted by atomic mass is 10.1. The highest BCUT2D eigenvalue weighted by Crippen LogP contribution is 2.39. The third kappa shape index (κ3) is 3.22. The van der Waals surface area contributed by atoms with E-state index < -0.39 is 5.97 Å². The van der Waals surface area contributed by atoms with E-state index in [1.165, 1.54) is 0 Å². The van der Waals surface area contributed by atoms with Crippen molar-refractivity contribution in [2.24, 2.45) is 11.8 Å². The van der Waals surface area contributed by atoms with Gasteiger partial charge >= 0.3 is 5.97 Å². The molecule has 0 bridgehead atoms. The predicted molar refractivity (Wildman–Crippen MR) is 84.1 cm³/mol. The number of carboxylic acid groups (broad SMARTS) is 1. The predicted octanol–water partition coefficient (Wildman–Crippen LogP) is 3.81. The second-order valence-corrected chi connectivity index (χ2v) is 5.98. The maximum atomic E-state index is 10.8. The van der Waals surface area contributed by atoms with E-state index in [1.54, 1.807) is 6.20 Å². The van der Waals surface area contributed by atoms with E-state index in [-0.39, 0.29) is 11.8 Å². The second kappa shape index (κ2) is 5.97. The summed E-state index contributed by atoms with van der Waals surface area (Å²) in [4.78, 5) is 14.9. The molecule has 1 heterocycles. The minimum Gasteiger partial charge on any atom is -0.493 e. The molecule has 2 atom stereocenters. The monoisotopic (exact) mass is 317 g/mol. The Hall–Kier alpha value is -2.07. The molecule has 22 heavy (non-hydrogen) atoms. The van der Waals surface area contributed by atoms with Crippen molar-refractivity contribution in [3.05, 3.63) is 47.2 Å². The minimum atomic E-state index is -0.731. The molecule has 0 aliphatic heterocycles. The summed E-state index contributed by atoms with van der Waals surface area (Å²) in [5.74, 6) is -0.105. The van der Waals surface area contributed by atoms with Crippen LogP contribution in [0, 0.1) is 18.8 Å². The van der Waals surface area contributed by atoms with E-state index in [2.05, 4.69) is 4.98 Å². The molecule has 0 radical (unpaired) electrons. The van der Waals surface area contributed by atoms with Crippen LogP contribution in [0.1, 0.15) is 12.0 Å². The van der Waals surface area contributed by atoms with Gasteiger partial charge in [-0.3, -0.25) is 4.79 Å². The fraction of sp³-hybridized carbons (Fsp3) is 0.294. The molecule has 1 N–H and O–H groups in total. The maximum Gasteiger partial charge on any atom is 0.306 e. The van der Waals surface area contributed by atoms with Crippen molar-refractivity contribution in [1.29, 1.82) is 0 Å². The fourth-order valence-corrected chi connectivity index (χ4v) is 2.64. The Morgan fingerprint density at radius 3 is 2.77 bits per heavy atom. The van der Waals surface area contributed by atoms with E-state index in [0.717, 1.165) is 22.4 Å². The number of benzene rings is 1. The van der Waals surface area contributed by atoms with Gasteiger partial charge in [-0.15, -0.1) is 0 Å². The Labute approximate surface area is 133 Å². The largest absolute Gasteiger partial charge is 0.493 e. The van der Waals surface area contributed by atoms with Crippen LogP contribution in [0.2, 0.25) is 5.15 Å². The number of halogens is 1. The minimum absolute atomic E-state index is 0.132. The van der Waals surface area contributed by atoms with Crippen LogP contribution in [0.15, 0.2) is 36.5 Å². The van der Waals surface area contributed by atoms with Gasteiger partial charge in [-0.2, -0.15) is 0 Å². The number of nitrogens with zero attached hydrogens (tertiary/aromatic N) is 1. The van der Waals surface area contributed by atoms with Gasteiger partial charge in [0.15, 0.2) is 0 Å². The van der Waals surface area contributed by atoms with Crippen molar-refractivity contribution in [1.82, 2.24) is 4.98 Å². The van der Waals surface area contributed by atoms with Crippen LogP contribution in [0.25, 0.3) is 11.1 Å². The third-order valence-corrected chi connectivity index (χ3v) is 4.15. The molecule has 1 saturated carbocycles. The lowest BCUT2D eigenvalue weighted by Gasteiger charge is -2.08. The molecule has 1 aromatic carbocycles. The van der Waals surface area contributed by atoms with Gasteiger partial charge in [0.05, 0.1) is 12.5 Å². The van der Waals surface area contributed by atoms with Gasteiger partial charge in [-0.1, -0.05) is 23.7 Å². The number of aryl methyl sites for hydroxylation is 1. The molecule has 2 aromatic rings. The lowest BCUT2D eigenvalue weighted by molar-refractivity contribution is -0.138. The lowest BCUT2D eigenvalue weighted by Crippen LogP contribution is -2.06. The van der Waals surface area contributed by atoms with Gasteiger partial charge in [-0.05, 0) is 42.7 Å². The van der Waals surface area contributed by atoms with Crippen LogP contribution in [0.5, 0.6) is 5.75 Å². The molecular weight excluding hydrogens is 302 g/mol. The second-order valence-electron chi connectivity index (χ2n) is 5.63. The average molecular weight is 318 g/mol. The Morgan fingerprint density at radius 2 is 2.14 bits per heavy atom. The number of rotatable bonds is 5. The van der Waals surface area contributed by atoms with Gasteiger partial charge in [0, 0.05) is 17.7 Å². The summed E-state index contributed by atoms with van der Waals surface area (Å²) >= 11 is 6.13. The molecule has 1 aromatic heterocycles. The van der Waals surface area contributed by atoms with Crippen molar-refractivity contribution in [3.63, 3.8) is 0 Å². The van der Waals surface area contributed by atoms with Gasteiger partial charge in [0.2, 0.25) is 0 Å². The van der Waals surface area contributed by atoms with Gasteiger partial charge in [0.1, 0.15) is 10.9 Å². The van der Waals surface area contributed by atoms with E-state index in [1.807, 2.05) is 37.3 Å². The quantitative estimate of drug-likeness (QED) is 0.852. The summed E-state index contributed by atoms with van der Waals surface area (Å²) in [7, 11) is 0. The van der Waals surface area contributed by atoms with Crippen LogP contribution in [0.4, 0.5) is 0 Å². The van der Waals surface area contributed by atoms with Crippen molar-refractivity contribution in [2.75, 3.05) is 6.61 Å². The molecule has 4 nitrogen and oxygen atoms in total. The number of hydrogen-bond donors (Lipinski definition) is 1. The fourth-order valence-electron chi connectivity index (χ4n) is 2.42. The van der Waals surface area contributed by atoms with E-state index in [9.17, 15) is 4.79 Å². The first-order chi connectivity index (χ1) is 10.5. The number of ether oxygens (including phenoxy) is 1. The Morgan fingerprint density at radius 1 is 1.41 bits per heavy atom. The summed E-state index contributed by atoms with van der Waals surface area (Å²) in [6.07, 6.45) is 2.44. The zero-order valence-electron chi connectivity index (χ0n) is 12.1. The molecule has 1 aliphatic carbocycles. The van der Waals surface area contributed by atoms with E-state index in [0.29, 0.717) is 18.2 Å². The first-order valence-corrected chi connectivity index (χ1v) is 7.50. The number of aromatic nitrogens is 1. The number of aliphatic carboxylic acids is 1.